The van der Waals surface area contributed by atoms with Crippen molar-refractivity contribution < 1.29 is 4.39 Å². The number of nitrogens with zero attached hydrogens (tertiary/aromatic N) is 4. The van der Waals surface area contributed by atoms with Gasteiger partial charge in [-0.15, -0.1) is 0 Å². The molecule has 1 aromatic carbocycles. The van der Waals surface area contributed by atoms with E-state index < -0.39 is 0 Å². The maximum Gasteiger partial charge on any atom is 0.156 e. The lowest BCUT2D eigenvalue weighted by atomic mass is 10.0. The van der Waals surface area contributed by atoms with Crippen molar-refractivity contribution in [3.63, 3.8) is 0 Å². The van der Waals surface area contributed by atoms with Gasteiger partial charge in [0.15, 0.2) is 5.65 Å². The van der Waals surface area contributed by atoms with E-state index in [1.165, 1.54) is 12.1 Å². The molecule has 24 heavy (non-hydrogen) atoms. The highest BCUT2D eigenvalue weighted by molar-refractivity contribution is 5.64. The largest absolute Gasteiger partial charge is 0.264 e. The van der Waals surface area contributed by atoms with Gasteiger partial charge in [0.25, 0.3) is 0 Å². The molecule has 114 valence electrons. The van der Waals surface area contributed by atoms with Crippen molar-refractivity contribution in [3.05, 3.63) is 84.3 Å². The van der Waals surface area contributed by atoms with E-state index in [2.05, 4.69) is 26.9 Å². The summed E-state index contributed by atoms with van der Waals surface area (Å²) in [5.74, 6) is 5.60. The van der Waals surface area contributed by atoms with E-state index in [0.29, 0.717) is 11.3 Å². The monoisotopic (exact) mass is 314 g/mol. The molecular weight excluding hydrogens is 303 g/mol. The van der Waals surface area contributed by atoms with Gasteiger partial charge in [0.05, 0.1) is 6.20 Å². The van der Waals surface area contributed by atoms with Crippen molar-refractivity contribution in [2.75, 3.05) is 0 Å². The second kappa shape index (κ2) is 5.94. The van der Waals surface area contributed by atoms with Crippen LogP contribution in [-0.4, -0.2) is 19.6 Å². The van der Waals surface area contributed by atoms with Crippen LogP contribution in [0.25, 0.3) is 16.8 Å². The third-order valence-corrected chi connectivity index (χ3v) is 3.49. The first-order valence-corrected chi connectivity index (χ1v) is 7.31. The minimum Gasteiger partial charge on any atom is -0.264 e. The number of pyridine rings is 1. The molecule has 0 spiro atoms. The summed E-state index contributed by atoms with van der Waals surface area (Å²) in [6, 6.07) is 12.0. The maximum absolute atomic E-state index is 13.9. The average molecular weight is 314 g/mol. The highest BCUT2D eigenvalue weighted by atomic mass is 19.1. The fourth-order valence-corrected chi connectivity index (χ4v) is 2.38. The molecule has 0 saturated carbocycles. The molecule has 0 aliphatic rings. The molecule has 4 nitrogen and oxygen atoms in total. The number of benzene rings is 1. The lowest BCUT2D eigenvalue weighted by Gasteiger charge is -2.02. The Labute approximate surface area is 137 Å². The Hall–Kier alpha value is -3.52. The zero-order valence-electron chi connectivity index (χ0n) is 12.5. The zero-order valence-corrected chi connectivity index (χ0v) is 12.5. The molecule has 5 heteroatoms. The van der Waals surface area contributed by atoms with Crippen LogP contribution >= 0.6 is 0 Å². The van der Waals surface area contributed by atoms with Crippen LogP contribution in [0.5, 0.6) is 0 Å². The van der Waals surface area contributed by atoms with Crippen LogP contribution < -0.4 is 0 Å². The molecular formula is C19H11FN4. The van der Waals surface area contributed by atoms with Gasteiger partial charge >= 0.3 is 0 Å². The predicted octanol–water partition coefficient (Wildman–Crippen LogP) is 3.33. The molecule has 0 amide bonds. The summed E-state index contributed by atoms with van der Waals surface area (Å²) in [5, 5.41) is 4.09. The normalized spacial score (nSPS) is 10.4. The van der Waals surface area contributed by atoms with Crippen LogP contribution in [0.4, 0.5) is 4.39 Å². The SMILES string of the molecule is Fc1cc(C#Cc2ccn3nccc3n2)cc(-c2cccnc2)c1. The molecule has 0 aliphatic carbocycles. The van der Waals surface area contributed by atoms with E-state index in [4.69, 9.17) is 0 Å². The first kappa shape index (κ1) is 14.1. The van der Waals surface area contributed by atoms with E-state index in [-0.39, 0.29) is 5.82 Å². The third kappa shape index (κ3) is 2.85. The van der Waals surface area contributed by atoms with Crippen molar-refractivity contribution in [2.45, 2.75) is 0 Å². The van der Waals surface area contributed by atoms with E-state index in [1.807, 2.05) is 18.2 Å². The minimum absolute atomic E-state index is 0.333. The Morgan fingerprint density at radius 1 is 0.958 bits per heavy atom. The number of rotatable bonds is 1. The first-order valence-electron chi connectivity index (χ1n) is 7.31. The fourth-order valence-electron chi connectivity index (χ4n) is 2.38. The highest BCUT2D eigenvalue weighted by Crippen LogP contribution is 2.20. The fraction of sp³-hybridized carbons (Fsp3) is 0. The number of aromatic nitrogens is 4. The summed E-state index contributed by atoms with van der Waals surface area (Å²) in [6.07, 6.45) is 6.84. The summed E-state index contributed by atoms with van der Waals surface area (Å²) in [5.41, 5.74) is 3.50. The second-order valence-electron chi connectivity index (χ2n) is 5.17. The number of fused-ring (bicyclic) bond motifs is 1. The van der Waals surface area contributed by atoms with Gasteiger partial charge in [0.2, 0.25) is 0 Å². The van der Waals surface area contributed by atoms with Gasteiger partial charge in [-0.05, 0) is 41.8 Å². The molecule has 3 heterocycles. The van der Waals surface area contributed by atoms with Gasteiger partial charge in [-0.3, -0.25) is 4.98 Å². The van der Waals surface area contributed by atoms with E-state index in [9.17, 15) is 4.39 Å². The van der Waals surface area contributed by atoms with Crippen molar-refractivity contribution in [3.8, 4) is 23.0 Å². The van der Waals surface area contributed by atoms with Gasteiger partial charge in [-0.1, -0.05) is 12.0 Å². The summed E-state index contributed by atoms with van der Waals surface area (Å²) >= 11 is 0. The standard InChI is InChI=1S/C19H11FN4/c20-17-11-14(10-16(12-17)15-2-1-7-21-13-15)3-4-18-6-9-24-19(23-18)5-8-22-24/h1-2,5-13H. The number of hydrogen-bond donors (Lipinski definition) is 0. The van der Waals surface area contributed by atoms with E-state index in [1.54, 1.807) is 41.4 Å². The van der Waals surface area contributed by atoms with Gasteiger partial charge in [-0.25, -0.2) is 13.9 Å². The smallest absolute Gasteiger partial charge is 0.156 e. The predicted molar refractivity (Wildman–Crippen MR) is 88.6 cm³/mol. The topological polar surface area (TPSA) is 43.1 Å². The molecule has 0 atom stereocenters. The summed E-state index contributed by atoms with van der Waals surface area (Å²) in [7, 11) is 0. The van der Waals surface area contributed by atoms with Gasteiger partial charge in [0, 0.05) is 35.8 Å². The zero-order chi connectivity index (χ0) is 16.4. The van der Waals surface area contributed by atoms with E-state index in [0.717, 1.165) is 16.8 Å². The van der Waals surface area contributed by atoms with Crippen molar-refractivity contribution >= 4 is 5.65 Å². The molecule has 4 rings (SSSR count). The second-order valence-corrected chi connectivity index (χ2v) is 5.17. The van der Waals surface area contributed by atoms with Crippen LogP contribution in [0.15, 0.2) is 67.3 Å². The highest BCUT2D eigenvalue weighted by Gasteiger charge is 2.02. The molecule has 0 bridgehead atoms. The Balaban J connectivity index is 1.71. The maximum atomic E-state index is 13.9. The molecule has 0 radical (unpaired) electrons. The van der Waals surface area contributed by atoms with Crippen molar-refractivity contribution in [1.82, 2.24) is 19.6 Å². The molecule has 0 N–H and O–H groups in total. The van der Waals surface area contributed by atoms with Crippen LogP contribution in [0.3, 0.4) is 0 Å². The van der Waals surface area contributed by atoms with Crippen LogP contribution in [0.1, 0.15) is 11.3 Å². The molecule has 0 saturated heterocycles. The Morgan fingerprint density at radius 2 is 1.92 bits per heavy atom. The molecule has 0 unspecified atom stereocenters. The number of halogens is 1. The summed E-state index contributed by atoms with van der Waals surface area (Å²) < 4.78 is 15.6. The first-order chi connectivity index (χ1) is 11.8. The summed E-state index contributed by atoms with van der Waals surface area (Å²) in [6.45, 7) is 0. The lowest BCUT2D eigenvalue weighted by Crippen LogP contribution is -1.91. The Bertz CT molecular complexity index is 1070. The van der Waals surface area contributed by atoms with Crippen LogP contribution in [-0.2, 0) is 0 Å². The quantitative estimate of drug-likeness (QED) is 0.506. The van der Waals surface area contributed by atoms with Crippen LogP contribution in [0.2, 0.25) is 0 Å². The average Bonchev–Trinajstić information content (AvgIpc) is 3.08. The van der Waals surface area contributed by atoms with Gasteiger partial charge in [-0.2, -0.15) is 5.10 Å². The Morgan fingerprint density at radius 3 is 2.79 bits per heavy atom. The minimum atomic E-state index is -0.333. The van der Waals surface area contributed by atoms with E-state index >= 15 is 0 Å². The summed E-state index contributed by atoms with van der Waals surface area (Å²) in [4.78, 5) is 8.44. The van der Waals surface area contributed by atoms with Gasteiger partial charge in [0.1, 0.15) is 11.5 Å². The van der Waals surface area contributed by atoms with Gasteiger partial charge < -0.3 is 0 Å². The number of hydrogen-bond acceptors (Lipinski definition) is 3. The van der Waals surface area contributed by atoms with Crippen molar-refractivity contribution in [1.29, 1.82) is 0 Å². The molecule has 3 aromatic heterocycles. The van der Waals surface area contributed by atoms with Crippen LogP contribution in [0, 0.1) is 17.7 Å². The van der Waals surface area contributed by atoms with Crippen molar-refractivity contribution in [2.24, 2.45) is 0 Å². The third-order valence-electron chi connectivity index (χ3n) is 3.49. The molecule has 0 aliphatic heterocycles. The Kier molecular flexibility index (Phi) is 3.49. The molecule has 4 aromatic rings. The molecule has 0 fully saturated rings. The lowest BCUT2D eigenvalue weighted by molar-refractivity contribution is 0.628.